The number of hydrogen-bond acceptors (Lipinski definition) is 2. The van der Waals surface area contributed by atoms with E-state index in [1.807, 2.05) is 12.1 Å². The zero-order chi connectivity index (χ0) is 21.7. The van der Waals surface area contributed by atoms with E-state index < -0.39 is 5.97 Å². The van der Waals surface area contributed by atoms with Crippen molar-refractivity contribution in [2.45, 2.75) is 57.8 Å². The fraction of sp³-hybridized carbons (Fsp3) is 0.333. The minimum absolute atomic E-state index is 0.114. The molecule has 0 spiro atoms. The monoisotopic (exact) mass is 400 g/mol. The van der Waals surface area contributed by atoms with Crippen molar-refractivity contribution < 1.29 is 14.7 Å². The van der Waals surface area contributed by atoms with Crippen LogP contribution < -0.4 is 0 Å². The smallest absolute Gasteiger partial charge is 0.335 e. The highest BCUT2D eigenvalue weighted by Gasteiger charge is 2.37. The van der Waals surface area contributed by atoms with Gasteiger partial charge in [0.1, 0.15) is 6.29 Å². The zero-order valence-electron chi connectivity index (χ0n) is 18.1. The first-order chi connectivity index (χ1) is 14.1. The topological polar surface area (TPSA) is 54.4 Å². The van der Waals surface area contributed by atoms with Gasteiger partial charge in [-0.2, -0.15) is 0 Å². The van der Waals surface area contributed by atoms with Crippen molar-refractivity contribution in [1.82, 2.24) is 0 Å². The van der Waals surface area contributed by atoms with Gasteiger partial charge < -0.3 is 9.90 Å². The predicted molar refractivity (Wildman–Crippen MR) is 121 cm³/mol. The van der Waals surface area contributed by atoms with Crippen molar-refractivity contribution in [3.63, 3.8) is 0 Å². The Balaban J connectivity index is 1.95. The van der Waals surface area contributed by atoms with Crippen LogP contribution in [0.5, 0.6) is 0 Å². The third-order valence-electron chi connectivity index (χ3n) is 6.78. The van der Waals surface area contributed by atoms with Crippen molar-refractivity contribution in [2.24, 2.45) is 0 Å². The van der Waals surface area contributed by atoms with Crippen LogP contribution in [0.4, 0.5) is 0 Å². The summed E-state index contributed by atoms with van der Waals surface area (Å²) in [7, 11) is 0. The maximum absolute atomic E-state index is 11.4. The molecule has 1 aliphatic carbocycles. The number of aromatic carboxylic acids is 1. The van der Waals surface area contributed by atoms with E-state index >= 15 is 0 Å². The van der Waals surface area contributed by atoms with Gasteiger partial charge in [-0.3, -0.25) is 0 Å². The zero-order valence-corrected chi connectivity index (χ0v) is 18.1. The number of hydrogen-bond donors (Lipinski definition) is 1. The largest absolute Gasteiger partial charge is 0.478 e. The van der Waals surface area contributed by atoms with Crippen molar-refractivity contribution in [2.75, 3.05) is 0 Å². The van der Waals surface area contributed by atoms with Gasteiger partial charge in [0.15, 0.2) is 0 Å². The highest BCUT2D eigenvalue weighted by molar-refractivity contribution is 5.94. The number of carbonyl (C=O) groups excluding carboxylic acids is 1. The molecule has 0 saturated heterocycles. The highest BCUT2D eigenvalue weighted by atomic mass is 16.4. The lowest BCUT2D eigenvalue weighted by Gasteiger charge is -2.42. The van der Waals surface area contributed by atoms with E-state index in [9.17, 15) is 9.59 Å². The van der Waals surface area contributed by atoms with Gasteiger partial charge in [-0.15, -0.1) is 0 Å². The van der Waals surface area contributed by atoms with Gasteiger partial charge in [-0.1, -0.05) is 58.0 Å². The summed E-state index contributed by atoms with van der Waals surface area (Å²) in [4.78, 5) is 22.6. The Hall–Kier alpha value is -2.94. The fourth-order valence-electron chi connectivity index (χ4n) is 4.73. The second-order valence-corrected chi connectivity index (χ2v) is 9.78. The van der Waals surface area contributed by atoms with Gasteiger partial charge in [0.25, 0.3) is 0 Å². The molecule has 0 saturated carbocycles. The van der Waals surface area contributed by atoms with Gasteiger partial charge >= 0.3 is 5.97 Å². The highest BCUT2D eigenvalue weighted by Crippen LogP contribution is 2.47. The molecule has 0 radical (unpaired) electrons. The first kappa shape index (κ1) is 20.3. The van der Waals surface area contributed by atoms with Gasteiger partial charge in [0.05, 0.1) is 5.56 Å². The van der Waals surface area contributed by atoms with Crippen molar-refractivity contribution in [3.8, 4) is 11.1 Å². The molecule has 3 heteroatoms. The van der Waals surface area contributed by atoms with Crippen LogP contribution >= 0.6 is 0 Å². The van der Waals surface area contributed by atoms with Crippen LogP contribution in [-0.4, -0.2) is 17.4 Å². The molecule has 0 unspecified atom stereocenters. The molecule has 4 rings (SSSR count). The molecular formula is C27H28O3. The summed E-state index contributed by atoms with van der Waals surface area (Å²) in [5.41, 5.74) is 6.24. The third-order valence-corrected chi connectivity index (χ3v) is 6.78. The lowest BCUT2D eigenvalue weighted by molar-refractivity contribution is -0.107. The molecule has 1 N–H and O–H groups in total. The average molecular weight is 401 g/mol. The number of carboxylic acids is 1. The van der Waals surface area contributed by atoms with Crippen LogP contribution in [0.15, 0.2) is 48.5 Å². The van der Waals surface area contributed by atoms with Crippen LogP contribution in [0.2, 0.25) is 0 Å². The van der Waals surface area contributed by atoms with Gasteiger partial charge in [-0.05, 0) is 80.5 Å². The molecule has 30 heavy (non-hydrogen) atoms. The molecule has 0 fully saturated rings. The molecular weight excluding hydrogens is 372 g/mol. The Morgan fingerprint density at radius 1 is 0.900 bits per heavy atom. The quantitative estimate of drug-likeness (QED) is 0.523. The standard InChI is InChI=1S/C27H28O3/c1-26(2)10-11-27(3,4)24-16-22-19(9-12-28)13-20(14-21(22)15-23(24)26)17-5-7-18(8-6-17)25(29)30/h5-8,12-16H,9-11H2,1-4H3,(H,29,30). The van der Waals surface area contributed by atoms with E-state index in [1.54, 1.807) is 12.1 Å². The Labute approximate surface area is 177 Å². The molecule has 3 aromatic rings. The summed E-state index contributed by atoms with van der Waals surface area (Å²) in [6.45, 7) is 9.25. The van der Waals surface area contributed by atoms with E-state index in [-0.39, 0.29) is 16.4 Å². The number of rotatable bonds is 4. The SMILES string of the molecule is CC1(C)CCC(C)(C)c2cc3c(CC=O)cc(-c4ccc(C(=O)O)cc4)cc3cc21. The maximum atomic E-state index is 11.4. The number of carbonyl (C=O) groups is 2. The summed E-state index contributed by atoms with van der Waals surface area (Å²) >= 11 is 0. The van der Waals surface area contributed by atoms with Crippen molar-refractivity contribution in [1.29, 1.82) is 0 Å². The van der Waals surface area contributed by atoms with E-state index in [4.69, 9.17) is 5.11 Å². The molecule has 0 bridgehead atoms. The summed E-state index contributed by atoms with van der Waals surface area (Å²) in [5, 5.41) is 11.4. The van der Waals surface area contributed by atoms with Crippen LogP contribution in [0.1, 0.15) is 67.6 Å². The molecule has 0 aliphatic heterocycles. The van der Waals surface area contributed by atoms with E-state index in [1.165, 1.54) is 11.1 Å². The fourth-order valence-corrected chi connectivity index (χ4v) is 4.73. The minimum atomic E-state index is -0.932. The lowest BCUT2D eigenvalue weighted by Crippen LogP contribution is -2.33. The average Bonchev–Trinajstić information content (AvgIpc) is 2.71. The second kappa shape index (κ2) is 7.09. The second-order valence-electron chi connectivity index (χ2n) is 9.78. The summed E-state index contributed by atoms with van der Waals surface area (Å²) < 4.78 is 0. The van der Waals surface area contributed by atoms with Crippen LogP contribution in [0, 0.1) is 0 Å². The Morgan fingerprint density at radius 3 is 2.07 bits per heavy atom. The minimum Gasteiger partial charge on any atom is -0.478 e. The Bertz CT molecular complexity index is 1150. The number of benzene rings is 3. The number of aldehydes is 1. The summed E-state index contributed by atoms with van der Waals surface area (Å²) in [6, 6.07) is 15.8. The van der Waals surface area contributed by atoms with Gasteiger partial charge in [-0.25, -0.2) is 4.79 Å². The van der Waals surface area contributed by atoms with Crippen molar-refractivity contribution >= 4 is 23.0 Å². The maximum Gasteiger partial charge on any atom is 0.335 e. The molecule has 0 heterocycles. The van der Waals surface area contributed by atoms with E-state index in [0.717, 1.165) is 46.6 Å². The molecule has 154 valence electrons. The normalized spacial score (nSPS) is 16.8. The van der Waals surface area contributed by atoms with E-state index in [0.29, 0.717) is 6.42 Å². The van der Waals surface area contributed by atoms with Crippen LogP contribution in [0.25, 0.3) is 21.9 Å². The predicted octanol–water partition coefficient (Wildman–Crippen LogP) is 6.30. The first-order valence-corrected chi connectivity index (χ1v) is 10.5. The summed E-state index contributed by atoms with van der Waals surface area (Å²) in [6.07, 6.45) is 3.62. The number of fused-ring (bicyclic) bond motifs is 2. The number of carboxylic acid groups (broad SMARTS) is 1. The van der Waals surface area contributed by atoms with Crippen molar-refractivity contribution in [3.05, 3.63) is 70.8 Å². The van der Waals surface area contributed by atoms with Crippen LogP contribution in [0.3, 0.4) is 0 Å². The third kappa shape index (κ3) is 3.43. The van der Waals surface area contributed by atoms with E-state index in [2.05, 4.69) is 52.0 Å². The molecule has 3 aromatic carbocycles. The molecule has 0 amide bonds. The molecule has 1 aliphatic rings. The lowest BCUT2D eigenvalue weighted by atomic mass is 9.62. The van der Waals surface area contributed by atoms with Gasteiger partial charge in [0.2, 0.25) is 0 Å². The first-order valence-electron chi connectivity index (χ1n) is 10.5. The Kier molecular flexibility index (Phi) is 4.80. The summed E-state index contributed by atoms with van der Waals surface area (Å²) in [5.74, 6) is -0.932. The van der Waals surface area contributed by atoms with Gasteiger partial charge in [0, 0.05) is 6.42 Å². The molecule has 0 atom stereocenters. The molecule has 0 aromatic heterocycles. The van der Waals surface area contributed by atoms with Crippen LogP contribution in [-0.2, 0) is 22.0 Å². The Morgan fingerprint density at radius 2 is 1.50 bits per heavy atom. The molecule has 3 nitrogen and oxygen atoms in total.